The smallest absolute Gasteiger partial charge is 0.433 e. The van der Waals surface area contributed by atoms with E-state index in [1.54, 1.807) is 0 Å². The van der Waals surface area contributed by atoms with Crippen molar-refractivity contribution in [1.29, 1.82) is 0 Å². The molecular weight excluding hydrogens is 471 g/mol. The molecule has 0 atom stereocenters. The third-order valence-corrected chi connectivity index (χ3v) is 4.30. The van der Waals surface area contributed by atoms with E-state index < -0.39 is 72.2 Å². The number of alkyl halides is 3. The standard InChI is InChI=1S/C17H8ClF5N4O5/c18-8-4-9(20)10(25-15(28)6-14(17(21,22)23)26(24)16(25)29)5-13(8)32-12-2-1-7(19)3-11(12)27(30)31/h1-6H,24H2. The van der Waals surface area contributed by atoms with Gasteiger partial charge in [-0.3, -0.25) is 14.9 Å². The van der Waals surface area contributed by atoms with Crippen LogP contribution < -0.4 is 21.8 Å². The van der Waals surface area contributed by atoms with Gasteiger partial charge < -0.3 is 10.6 Å². The number of rotatable bonds is 4. The van der Waals surface area contributed by atoms with Crippen molar-refractivity contribution in [3.05, 3.63) is 89.7 Å². The summed E-state index contributed by atoms with van der Waals surface area (Å²) in [7, 11) is 0. The molecule has 0 saturated carbocycles. The minimum atomic E-state index is -5.15. The lowest BCUT2D eigenvalue weighted by Gasteiger charge is -2.15. The first-order valence-corrected chi connectivity index (χ1v) is 8.51. The molecule has 32 heavy (non-hydrogen) atoms. The number of nitrogen functional groups attached to an aromatic ring is 1. The number of aromatic nitrogens is 2. The number of nitrogens with two attached hydrogens (primary N) is 1. The average molecular weight is 479 g/mol. The van der Waals surface area contributed by atoms with Gasteiger partial charge in [0.15, 0.2) is 5.69 Å². The molecule has 0 saturated heterocycles. The van der Waals surface area contributed by atoms with E-state index in [-0.39, 0.29) is 10.6 Å². The van der Waals surface area contributed by atoms with Gasteiger partial charge in [-0.05, 0) is 18.2 Å². The summed E-state index contributed by atoms with van der Waals surface area (Å²) < 4.78 is 71.4. The van der Waals surface area contributed by atoms with Crippen molar-refractivity contribution >= 4 is 17.3 Å². The molecular formula is C17H8ClF5N4O5. The molecule has 0 fully saturated rings. The highest BCUT2D eigenvalue weighted by Crippen LogP contribution is 2.37. The Hall–Kier alpha value is -3.94. The summed E-state index contributed by atoms with van der Waals surface area (Å²) in [6.45, 7) is 0. The highest BCUT2D eigenvalue weighted by molar-refractivity contribution is 6.32. The summed E-state index contributed by atoms with van der Waals surface area (Å²) in [6, 6.07) is 3.37. The summed E-state index contributed by atoms with van der Waals surface area (Å²) >= 11 is 5.84. The van der Waals surface area contributed by atoms with E-state index in [1.807, 2.05) is 0 Å². The molecule has 0 aliphatic rings. The number of hydrogen-bond acceptors (Lipinski definition) is 6. The zero-order chi connectivity index (χ0) is 24.0. The van der Waals surface area contributed by atoms with Gasteiger partial charge in [-0.15, -0.1) is 0 Å². The van der Waals surface area contributed by atoms with Crippen LogP contribution in [0.3, 0.4) is 0 Å². The van der Waals surface area contributed by atoms with Crippen molar-refractivity contribution in [2.45, 2.75) is 6.18 Å². The van der Waals surface area contributed by atoms with Crippen LogP contribution in [0.15, 0.2) is 46.0 Å². The van der Waals surface area contributed by atoms with Crippen LogP contribution >= 0.6 is 11.6 Å². The summed E-state index contributed by atoms with van der Waals surface area (Å²) in [6.07, 6.45) is -5.15. The number of nitrogens with zero attached hydrogens (tertiary/aromatic N) is 3. The number of ether oxygens (including phenoxy) is 1. The first-order valence-electron chi connectivity index (χ1n) is 8.14. The average Bonchev–Trinajstić information content (AvgIpc) is 2.68. The normalized spacial score (nSPS) is 11.4. The van der Waals surface area contributed by atoms with Crippen molar-refractivity contribution < 1.29 is 31.6 Å². The van der Waals surface area contributed by atoms with Crippen LogP contribution in [0.1, 0.15) is 5.69 Å². The third-order valence-electron chi connectivity index (χ3n) is 4.01. The molecule has 2 aromatic carbocycles. The van der Waals surface area contributed by atoms with Gasteiger partial charge in [-0.2, -0.15) is 13.2 Å². The monoisotopic (exact) mass is 478 g/mol. The molecule has 2 N–H and O–H groups in total. The van der Waals surface area contributed by atoms with Crippen LogP contribution in [0.5, 0.6) is 11.5 Å². The molecule has 9 nitrogen and oxygen atoms in total. The second kappa shape index (κ2) is 7.96. The quantitative estimate of drug-likeness (QED) is 0.265. The fraction of sp³-hybridized carbons (Fsp3) is 0.0588. The number of nitro groups is 1. The fourth-order valence-corrected chi connectivity index (χ4v) is 2.79. The first kappa shape index (κ1) is 22.7. The van der Waals surface area contributed by atoms with Crippen LogP contribution in [0.25, 0.3) is 5.69 Å². The zero-order valence-corrected chi connectivity index (χ0v) is 15.9. The Labute approximate surface area is 177 Å². The molecule has 168 valence electrons. The minimum Gasteiger partial charge on any atom is -0.448 e. The van der Waals surface area contributed by atoms with E-state index in [0.29, 0.717) is 18.2 Å². The lowest BCUT2D eigenvalue weighted by atomic mass is 10.2. The second-order valence-electron chi connectivity index (χ2n) is 6.06. The van der Waals surface area contributed by atoms with Crippen molar-refractivity contribution in [2.75, 3.05) is 5.84 Å². The molecule has 0 spiro atoms. The topological polar surface area (TPSA) is 122 Å². The molecule has 1 heterocycles. The SMILES string of the molecule is Nn1c(C(F)(F)F)cc(=O)n(-c2cc(Oc3ccc(F)cc3[N+](=O)[O-])c(Cl)cc2F)c1=O. The Morgan fingerprint density at radius 1 is 1.06 bits per heavy atom. The maximum Gasteiger partial charge on any atom is 0.433 e. The molecule has 15 heteroatoms. The van der Waals surface area contributed by atoms with Gasteiger partial charge in [0.25, 0.3) is 5.56 Å². The number of benzene rings is 2. The highest BCUT2D eigenvalue weighted by Gasteiger charge is 2.36. The van der Waals surface area contributed by atoms with Gasteiger partial charge in [-0.1, -0.05) is 11.6 Å². The molecule has 0 aliphatic carbocycles. The minimum absolute atomic E-state index is 0.0210. The van der Waals surface area contributed by atoms with Gasteiger partial charge in [0, 0.05) is 12.1 Å². The van der Waals surface area contributed by atoms with E-state index >= 15 is 0 Å². The zero-order valence-electron chi connectivity index (χ0n) is 15.2. The van der Waals surface area contributed by atoms with Gasteiger partial charge in [0.2, 0.25) is 5.75 Å². The largest absolute Gasteiger partial charge is 0.448 e. The van der Waals surface area contributed by atoms with Crippen molar-refractivity contribution in [3.63, 3.8) is 0 Å². The summed E-state index contributed by atoms with van der Waals surface area (Å²) in [4.78, 5) is 34.6. The van der Waals surface area contributed by atoms with Crippen molar-refractivity contribution in [3.8, 4) is 17.2 Å². The Balaban J connectivity index is 2.20. The molecule has 1 aromatic heterocycles. The van der Waals surface area contributed by atoms with E-state index in [1.165, 1.54) is 0 Å². The predicted molar refractivity (Wildman–Crippen MR) is 99.5 cm³/mol. The number of halogens is 6. The van der Waals surface area contributed by atoms with E-state index in [2.05, 4.69) is 0 Å². The van der Waals surface area contributed by atoms with Crippen molar-refractivity contribution in [2.24, 2.45) is 0 Å². The summed E-state index contributed by atoms with van der Waals surface area (Å²) in [5.74, 6) is 1.76. The van der Waals surface area contributed by atoms with Gasteiger partial charge >= 0.3 is 17.6 Å². The third kappa shape index (κ3) is 4.12. The van der Waals surface area contributed by atoms with Crippen LogP contribution in [0.4, 0.5) is 27.6 Å². The molecule has 0 radical (unpaired) electrons. The summed E-state index contributed by atoms with van der Waals surface area (Å²) in [5, 5.41) is 10.6. The van der Waals surface area contributed by atoms with Crippen LogP contribution in [-0.2, 0) is 6.18 Å². The lowest BCUT2D eigenvalue weighted by Crippen LogP contribution is -2.45. The van der Waals surface area contributed by atoms with Gasteiger partial charge in [0.1, 0.15) is 17.4 Å². The summed E-state index contributed by atoms with van der Waals surface area (Å²) in [5.41, 5.74) is -6.84. The lowest BCUT2D eigenvalue weighted by molar-refractivity contribution is -0.385. The molecule has 3 aromatic rings. The molecule has 0 unspecified atom stereocenters. The Kier molecular flexibility index (Phi) is 5.65. The Morgan fingerprint density at radius 2 is 1.72 bits per heavy atom. The Bertz CT molecular complexity index is 1370. The van der Waals surface area contributed by atoms with Crippen LogP contribution in [-0.4, -0.2) is 14.2 Å². The van der Waals surface area contributed by atoms with Crippen LogP contribution in [0.2, 0.25) is 5.02 Å². The first-order chi connectivity index (χ1) is 14.8. The maximum atomic E-state index is 14.5. The fourth-order valence-electron chi connectivity index (χ4n) is 2.60. The molecule has 0 aliphatic heterocycles. The van der Waals surface area contributed by atoms with Gasteiger partial charge in [0.05, 0.1) is 21.7 Å². The number of nitro benzene ring substituents is 1. The predicted octanol–water partition coefficient (Wildman–Crippen LogP) is 3.36. The van der Waals surface area contributed by atoms with Gasteiger partial charge in [-0.25, -0.2) is 22.8 Å². The van der Waals surface area contributed by atoms with Crippen LogP contribution in [0, 0.1) is 21.7 Å². The van der Waals surface area contributed by atoms with E-state index in [9.17, 15) is 41.7 Å². The maximum absolute atomic E-state index is 14.5. The van der Waals surface area contributed by atoms with Crippen molar-refractivity contribution in [1.82, 2.24) is 9.24 Å². The molecule has 0 amide bonds. The molecule has 0 bridgehead atoms. The second-order valence-corrected chi connectivity index (χ2v) is 6.47. The van der Waals surface area contributed by atoms with E-state index in [4.69, 9.17) is 22.2 Å². The van der Waals surface area contributed by atoms with E-state index in [0.717, 1.165) is 12.1 Å². The highest BCUT2D eigenvalue weighted by atomic mass is 35.5. The molecule has 3 rings (SSSR count). The number of hydrogen-bond donors (Lipinski definition) is 1. The Morgan fingerprint density at radius 3 is 2.31 bits per heavy atom.